The third kappa shape index (κ3) is 4.30. The molecule has 0 saturated heterocycles. The molecule has 23 heavy (non-hydrogen) atoms. The Morgan fingerprint density at radius 2 is 1.78 bits per heavy atom. The van der Waals surface area contributed by atoms with Gasteiger partial charge in [0.1, 0.15) is 0 Å². The molecule has 0 bridgehead atoms. The fourth-order valence-corrected chi connectivity index (χ4v) is 2.42. The van der Waals surface area contributed by atoms with Gasteiger partial charge in [-0.15, -0.1) is 0 Å². The standard InChI is InChI=1S/C19H19N3O/c23-19(21-11-10-16-4-2-1-3-5-16)18-8-6-17(7-9-18)14-22-13-12-20-15-22/h1-9,12-13,15H,10-11,14H2,(H,21,23). The van der Waals surface area contributed by atoms with Crippen molar-refractivity contribution in [2.75, 3.05) is 6.54 Å². The summed E-state index contributed by atoms with van der Waals surface area (Å²) >= 11 is 0. The highest BCUT2D eigenvalue weighted by molar-refractivity contribution is 5.94. The third-order valence-electron chi connectivity index (χ3n) is 3.68. The number of carbonyl (C=O) groups is 1. The van der Waals surface area contributed by atoms with Crippen LogP contribution in [0.15, 0.2) is 73.3 Å². The predicted octanol–water partition coefficient (Wildman–Crippen LogP) is 2.90. The van der Waals surface area contributed by atoms with Gasteiger partial charge in [-0.3, -0.25) is 4.79 Å². The maximum absolute atomic E-state index is 12.1. The van der Waals surface area contributed by atoms with E-state index in [1.165, 1.54) is 5.56 Å². The topological polar surface area (TPSA) is 46.9 Å². The van der Waals surface area contributed by atoms with E-state index in [0.717, 1.165) is 18.5 Å². The molecule has 2 aromatic carbocycles. The lowest BCUT2D eigenvalue weighted by atomic mass is 10.1. The maximum atomic E-state index is 12.1. The van der Waals surface area contributed by atoms with Gasteiger partial charge in [-0.1, -0.05) is 42.5 Å². The molecule has 4 nitrogen and oxygen atoms in total. The minimum atomic E-state index is -0.0323. The van der Waals surface area contributed by atoms with Crippen molar-refractivity contribution in [3.8, 4) is 0 Å². The van der Waals surface area contributed by atoms with Gasteiger partial charge in [0.25, 0.3) is 5.91 Å². The Morgan fingerprint density at radius 1 is 1.00 bits per heavy atom. The second-order valence-electron chi connectivity index (χ2n) is 5.42. The number of rotatable bonds is 6. The van der Waals surface area contributed by atoms with Crippen LogP contribution in [-0.2, 0) is 13.0 Å². The van der Waals surface area contributed by atoms with Crippen molar-refractivity contribution in [3.63, 3.8) is 0 Å². The number of nitrogens with zero attached hydrogens (tertiary/aromatic N) is 2. The SMILES string of the molecule is O=C(NCCc1ccccc1)c1ccc(Cn2ccnc2)cc1. The van der Waals surface area contributed by atoms with Crippen LogP contribution in [-0.4, -0.2) is 22.0 Å². The first-order valence-electron chi connectivity index (χ1n) is 7.68. The first-order chi connectivity index (χ1) is 11.3. The highest BCUT2D eigenvalue weighted by Gasteiger charge is 2.05. The third-order valence-corrected chi connectivity index (χ3v) is 3.68. The monoisotopic (exact) mass is 305 g/mol. The average Bonchev–Trinajstić information content (AvgIpc) is 3.09. The maximum Gasteiger partial charge on any atom is 0.251 e. The lowest BCUT2D eigenvalue weighted by Crippen LogP contribution is -2.25. The normalized spacial score (nSPS) is 10.4. The van der Waals surface area contributed by atoms with Crippen molar-refractivity contribution in [1.29, 1.82) is 0 Å². The molecule has 0 fully saturated rings. The van der Waals surface area contributed by atoms with Crippen LogP contribution >= 0.6 is 0 Å². The van der Waals surface area contributed by atoms with E-state index in [9.17, 15) is 4.79 Å². The van der Waals surface area contributed by atoms with Crippen molar-refractivity contribution in [3.05, 3.63) is 90.0 Å². The Bertz CT molecular complexity index is 734. The van der Waals surface area contributed by atoms with Crippen molar-refractivity contribution >= 4 is 5.91 Å². The molecule has 0 saturated carbocycles. The van der Waals surface area contributed by atoms with E-state index < -0.39 is 0 Å². The molecular weight excluding hydrogens is 286 g/mol. The highest BCUT2D eigenvalue weighted by atomic mass is 16.1. The average molecular weight is 305 g/mol. The summed E-state index contributed by atoms with van der Waals surface area (Å²) in [5.74, 6) is -0.0323. The molecule has 1 N–H and O–H groups in total. The van der Waals surface area contributed by atoms with Crippen LogP contribution in [0.2, 0.25) is 0 Å². The quantitative estimate of drug-likeness (QED) is 0.761. The van der Waals surface area contributed by atoms with E-state index >= 15 is 0 Å². The van der Waals surface area contributed by atoms with E-state index in [4.69, 9.17) is 0 Å². The number of benzene rings is 2. The molecule has 116 valence electrons. The zero-order valence-corrected chi connectivity index (χ0v) is 12.9. The molecule has 3 rings (SSSR count). The van der Waals surface area contributed by atoms with E-state index in [2.05, 4.69) is 22.4 Å². The number of nitrogens with one attached hydrogen (secondary N) is 1. The van der Waals surface area contributed by atoms with Gasteiger partial charge >= 0.3 is 0 Å². The second-order valence-corrected chi connectivity index (χ2v) is 5.42. The van der Waals surface area contributed by atoms with Crippen molar-refractivity contribution in [1.82, 2.24) is 14.9 Å². The van der Waals surface area contributed by atoms with Crippen LogP contribution < -0.4 is 5.32 Å². The number of hydrogen-bond acceptors (Lipinski definition) is 2. The number of hydrogen-bond donors (Lipinski definition) is 1. The Balaban J connectivity index is 1.51. The van der Waals surface area contributed by atoms with Gasteiger partial charge in [-0.25, -0.2) is 4.98 Å². The van der Waals surface area contributed by atoms with Gasteiger partial charge in [0.15, 0.2) is 0 Å². The minimum Gasteiger partial charge on any atom is -0.352 e. The van der Waals surface area contributed by atoms with Crippen molar-refractivity contribution in [2.45, 2.75) is 13.0 Å². The zero-order chi connectivity index (χ0) is 15.9. The number of aromatic nitrogens is 2. The molecule has 0 spiro atoms. The number of carbonyl (C=O) groups excluding carboxylic acids is 1. The first-order valence-corrected chi connectivity index (χ1v) is 7.68. The van der Waals surface area contributed by atoms with E-state index in [1.807, 2.05) is 53.2 Å². The van der Waals surface area contributed by atoms with Crippen LogP contribution in [0.4, 0.5) is 0 Å². The molecule has 0 aliphatic heterocycles. The molecule has 0 unspecified atom stereocenters. The largest absolute Gasteiger partial charge is 0.352 e. The lowest BCUT2D eigenvalue weighted by molar-refractivity contribution is 0.0954. The number of amides is 1. The molecule has 1 heterocycles. The molecule has 1 amide bonds. The second kappa shape index (κ2) is 7.40. The smallest absolute Gasteiger partial charge is 0.251 e. The summed E-state index contributed by atoms with van der Waals surface area (Å²) in [5, 5.41) is 2.96. The van der Waals surface area contributed by atoms with Crippen LogP contribution in [0, 0.1) is 0 Å². The Hall–Kier alpha value is -2.88. The fourth-order valence-electron chi connectivity index (χ4n) is 2.42. The van der Waals surface area contributed by atoms with E-state index in [-0.39, 0.29) is 5.91 Å². The summed E-state index contributed by atoms with van der Waals surface area (Å²) in [6, 6.07) is 17.8. The molecule has 3 aromatic rings. The van der Waals surface area contributed by atoms with Crippen LogP contribution in [0.3, 0.4) is 0 Å². The van der Waals surface area contributed by atoms with Crippen LogP contribution in [0.25, 0.3) is 0 Å². The lowest BCUT2D eigenvalue weighted by Gasteiger charge is -2.07. The summed E-state index contributed by atoms with van der Waals surface area (Å²) in [6.07, 6.45) is 6.30. The molecule has 0 aliphatic rings. The first kappa shape index (κ1) is 15.0. The fraction of sp³-hybridized carbons (Fsp3) is 0.158. The van der Waals surface area contributed by atoms with Crippen LogP contribution in [0.5, 0.6) is 0 Å². The molecule has 0 aliphatic carbocycles. The molecule has 0 atom stereocenters. The highest BCUT2D eigenvalue weighted by Crippen LogP contribution is 2.07. The summed E-state index contributed by atoms with van der Waals surface area (Å²) < 4.78 is 1.99. The number of imidazole rings is 1. The van der Waals surface area contributed by atoms with Gasteiger partial charge in [-0.05, 0) is 29.7 Å². The molecule has 4 heteroatoms. The molecular formula is C19H19N3O. The van der Waals surface area contributed by atoms with E-state index in [0.29, 0.717) is 12.1 Å². The van der Waals surface area contributed by atoms with Gasteiger partial charge < -0.3 is 9.88 Å². The molecule has 0 radical (unpaired) electrons. The van der Waals surface area contributed by atoms with Crippen molar-refractivity contribution < 1.29 is 4.79 Å². The van der Waals surface area contributed by atoms with E-state index in [1.54, 1.807) is 12.5 Å². The Labute approximate surface area is 135 Å². The predicted molar refractivity (Wildman–Crippen MR) is 90.3 cm³/mol. The molecule has 1 aromatic heterocycles. The minimum absolute atomic E-state index is 0.0323. The Morgan fingerprint density at radius 3 is 2.48 bits per heavy atom. The van der Waals surface area contributed by atoms with Gasteiger partial charge in [-0.2, -0.15) is 0 Å². The van der Waals surface area contributed by atoms with Gasteiger partial charge in [0.05, 0.1) is 6.33 Å². The zero-order valence-electron chi connectivity index (χ0n) is 12.9. The Kier molecular flexibility index (Phi) is 4.84. The summed E-state index contributed by atoms with van der Waals surface area (Å²) in [5.41, 5.74) is 3.06. The summed E-state index contributed by atoms with van der Waals surface area (Å²) in [6.45, 7) is 1.40. The van der Waals surface area contributed by atoms with Crippen molar-refractivity contribution in [2.24, 2.45) is 0 Å². The van der Waals surface area contributed by atoms with Crippen LogP contribution in [0.1, 0.15) is 21.5 Å². The summed E-state index contributed by atoms with van der Waals surface area (Å²) in [4.78, 5) is 16.2. The summed E-state index contributed by atoms with van der Waals surface area (Å²) in [7, 11) is 0. The van der Waals surface area contributed by atoms with Gasteiger partial charge in [0.2, 0.25) is 0 Å². The van der Waals surface area contributed by atoms with Gasteiger partial charge in [0, 0.05) is 31.0 Å².